The van der Waals surface area contributed by atoms with E-state index in [9.17, 15) is 9.59 Å². The number of hydrogen-bond donors (Lipinski definition) is 2. The number of nitrogens with zero attached hydrogens (tertiary/aromatic N) is 1. The smallest absolute Gasteiger partial charge is 0.317 e. The summed E-state index contributed by atoms with van der Waals surface area (Å²) in [5, 5.41) is 3.09. The monoisotopic (exact) mass is 331 g/mol. The van der Waals surface area contributed by atoms with Crippen LogP contribution in [0.15, 0.2) is 30.3 Å². The molecular formula is C19H29N3O2. The van der Waals surface area contributed by atoms with Crippen LogP contribution >= 0.6 is 0 Å². The fraction of sp³-hybridized carbons (Fsp3) is 0.579. The first-order chi connectivity index (χ1) is 11.3. The highest BCUT2D eigenvalue weighted by Gasteiger charge is 2.28. The zero-order valence-corrected chi connectivity index (χ0v) is 14.9. The molecule has 0 radical (unpaired) electrons. The Morgan fingerprint density at radius 1 is 1.25 bits per heavy atom. The van der Waals surface area contributed by atoms with Crippen LogP contribution in [0.4, 0.5) is 4.79 Å². The Labute approximate surface area is 144 Å². The highest BCUT2D eigenvalue weighted by molar-refractivity contribution is 5.78. The first-order valence-electron chi connectivity index (χ1n) is 8.70. The van der Waals surface area contributed by atoms with E-state index in [4.69, 9.17) is 5.73 Å². The summed E-state index contributed by atoms with van der Waals surface area (Å²) in [6.07, 6.45) is 2.18. The zero-order valence-electron chi connectivity index (χ0n) is 14.9. The quantitative estimate of drug-likeness (QED) is 0.870. The summed E-state index contributed by atoms with van der Waals surface area (Å²) in [6.45, 7) is 7.62. The lowest BCUT2D eigenvalue weighted by Gasteiger charge is -2.33. The lowest BCUT2D eigenvalue weighted by molar-refractivity contribution is -0.123. The van der Waals surface area contributed by atoms with Gasteiger partial charge >= 0.3 is 6.03 Å². The van der Waals surface area contributed by atoms with E-state index in [1.807, 2.05) is 25.1 Å². The van der Waals surface area contributed by atoms with Crippen LogP contribution in [0.25, 0.3) is 0 Å². The second-order valence-electron chi connectivity index (χ2n) is 7.47. The van der Waals surface area contributed by atoms with Gasteiger partial charge in [-0.15, -0.1) is 0 Å². The SMILES string of the molecule is CC(CC(C)(C)c1ccccc1)NC(=O)N1CCC(C(N)=O)CC1. The predicted octanol–water partition coefficient (Wildman–Crippen LogP) is 2.65. The first-order valence-corrected chi connectivity index (χ1v) is 8.70. The van der Waals surface area contributed by atoms with Gasteiger partial charge in [-0.25, -0.2) is 4.79 Å². The van der Waals surface area contributed by atoms with Gasteiger partial charge in [-0.1, -0.05) is 44.2 Å². The number of likely N-dealkylation sites (tertiary alicyclic amines) is 1. The van der Waals surface area contributed by atoms with Crippen LogP contribution in [0.5, 0.6) is 0 Å². The van der Waals surface area contributed by atoms with Crippen molar-refractivity contribution in [3.63, 3.8) is 0 Å². The maximum Gasteiger partial charge on any atom is 0.317 e. The van der Waals surface area contributed by atoms with E-state index < -0.39 is 0 Å². The van der Waals surface area contributed by atoms with Gasteiger partial charge in [-0.05, 0) is 37.2 Å². The van der Waals surface area contributed by atoms with Crippen molar-refractivity contribution >= 4 is 11.9 Å². The summed E-state index contributed by atoms with van der Waals surface area (Å²) in [7, 11) is 0. The minimum atomic E-state index is -0.256. The van der Waals surface area contributed by atoms with Crippen LogP contribution in [0.2, 0.25) is 0 Å². The number of nitrogens with two attached hydrogens (primary N) is 1. The molecule has 1 aromatic carbocycles. The van der Waals surface area contributed by atoms with Crippen LogP contribution < -0.4 is 11.1 Å². The molecule has 24 heavy (non-hydrogen) atoms. The maximum atomic E-state index is 12.4. The molecule has 1 saturated heterocycles. The number of carbonyl (C=O) groups is 2. The number of amides is 3. The van der Waals surface area contributed by atoms with Gasteiger partial charge in [0.25, 0.3) is 0 Å². The molecule has 1 fully saturated rings. The van der Waals surface area contributed by atoms with E-state index in [1.54, 1.807) is 4.90 Å². The number of nitrogens with one attached hydrogen (secondary N) is 1. The van der Waals surface area contributed by atoms with Crippen LogP contribution in [0.1, 0.15) is 45.6 Å². The van der Waals surface area contributed by atoms with E-state index in [-0.39, 0.29) is 29.3 Å². The van der Waals surface area contributed by atoms with Crippen molar-refractivity contribution in [2.75, 3.05) is 13.1 Å². The van der Waals surface area contributed by atoms with Gasteiger partial charge in [-0.3, -0.25) is 4.79 Å². The molecule has 1 atom stereocenters. The van der Waals surface area contributed by atoms with E-state index in [0.717, 1.165) is 6.42 Å². The summed E-state index contributed by atoms with van der Waals surface area (Å²) in [5.74, 6) is -0.350. The van der Waals surface area contributed by atoms with Crippen LogP contribution in [0.3, 0.4) is 0 Å². The summed E-state index contributed by atoms with van der Waals surface area (Å²) >= 11 is 0. The molecule has 5 heteroatoms. The fourth-order valence-corrected chi connectivity index (χ4v) is 3.49. The van der Waals surface area contributed by atoms with Crippen LogP contribution in [-0.4, -0.2) is 36.0 Å². The Kier molecular flexibility index (Phi) is 5.86. The summed E-state index contributed by atoms with van der Waals surface area (Å²) in [4.78, 5) is 25.4. The van der Waals surface area contributed by atoms with Crippen molar-refractivity contribution in [1.29, 1.82) is 0 Å². The molecule has 0 saturated carbocycles. The van der Waals surface area contributed by atoms with Crippen molar-refractivity contribution in [2.45, 2.75) is 51.5 Å². The van der Waals surface area contributed by atoms with Crippen molar-refractivity contribution < 1.29 is 9.59 Å². The van der Waals surface area contributed by atoms with Crippen LogP contribution in [-0.2, 0) is 10.2 Å². The Hall–Kier alpha value is -2.04. The standard InChI is InChI=1S/C19H29N3O2/c1-14(13-19(2,3)16-7-5-4-6-8-16)21-18(24)22-11-9-15(10-12-22)17(20)23/h4-8,14-15H,9-13H2,1-3H3,(H2,20,23)(H,21,24). The van der Waals surface area contributed by atoms with Gasteiger partial charge < -0.3 is 16.0 Å². The van der Waals surface area contributed by atoms with Crippen molar-refractivity contribution in [2.24, 2.45) is 11.7 Å². The number of hydrogen-bond acceptors (Lipinski definition) is 2. The average molecular weight is 331 g/mol. The fourth-order valence-electron chi connectivity index (χ4n) is 3.49. The molecule has 132 valence electrons. The van der Waals surface area contributed by atoms with Gasteiger partial charge in [0.15, 0.2) is 0 Å². The van der Waals surface area contributed by atoms with Crippen molar-refractivity contribution in [3.05, 3.63) is 35.9 Å². The third-order valence-electron chi connectivity index (χ3n) is 4.93. The van der Waals surface area contributed by atoms with Gasteiger partial charge in [0.05, 0.1) is 0 Å². The molecule has 1 aromatic rings. The Balaban J connectivity index is 1.85. The Bertz CT molecular complexity index is 563. The number of carbonyl (C=O) groups excluding carboxylic acids is 2. The number of piperidine rings is 1. The molecular weight excluding hydrogens is 302 g/mol. The first kappa shape index (κ1) is 18.3. The van der Waals surface area contributed by atoms with Crippen molar-refractivity contribution in [1.82, 2.24) is 10.2 Å². The minimum absolute atomic E-state index is 0.00702. The average Bonchev–Trinajstić information content (AvgIpc) is 2.55. The van der Waals surface area contributed by atoms with Crippen LogP contribution in [0, 0.1) is 5.92 Å². The zero-order chi connectivity index (χ0) is 17.7. The highest BCUT2D eigenvalue weighted by Crippen LogP contribution is 2.28. The molecule has 3 amide bonds. The van der Waals surface area contributed by atoms with Gasteiger partial charge in [-0.2, -0.15) is 0 Å². The molecule has 1 unspecified atom stereocenters. The molecule has 2 rings (SSSR count). The van der Waals surface area contributed by atoms with Gasteiger partial charge in [0.1, 0.15) is 0 Å². The third-order valence-corrected chi connectivity index (χ3v) is 4.93. The number of urea groups is 1. The number of primary amides is 1. The number of rotatable bonds is 5. The molecule has 1 aliphatic heterocycles. The molecule has 1 heterocycles. The molecule has 1 aliphatic rings. The lowest BCUT2D eigenvalue weighted by Crippen LogP contribution is -2.49. The maximum absolute atomic E-state index is 12.4. The lowest BCUT2D eigenvalue weighted by atomic mass is 9.79. The topological polar surface area (TPSA) is 75.4 Å². The molecule has 0 aliphatic carbocycles. The van der Waals surface area contributed by atoms with E-state index in [0.29, 0.717) is 25.9 Å². The minimum Gasteiger partial charge on any atom is -0.369 e. The predicted molar refractivity (Wildman–Crippen MR) is 95.6 cm³/mol. The summed E-state index contributed by atoms with van der Waals surface area (Å²) in [6, 6.07) is 10.4. The number of benzene rings is 1. The van der Waals surface area contributed by atoms with Crippen molar-refractivity contribution in [3.8, 4) is 0 Å². The second kappa shape index (κ2) is 7.69. The summed E-state index contributed by atoms with van der Waals surface area (Å²) in [5.41, 5.74) is 6.60. The van der Waals surface area contributed by atoms with Gasteiger partial charge in [0, 0.05) is 25.0 Å². The largest absolute Gasteiger partial charge is 0.369 e. The van der Waals surface area contributed by atoms with E-state index >= 15 is 0 Å². The highest BCUT2D eigenvalue weighted by atomic mass is 16.2. The molecule has 0 aromatic heterocycles. The Morgan fingerprint density at radius 2 is 1.83 bits per heavy atom. The Morgan fingerprint density at radius 3 is 2.38 bits per heavy atom. The van der Waals surface area contributed by atoms with E-state index in [1.165, 1.54) is 5.56 Å². The second-order valence-corrected chi connectivity index (χ2v) is 7.47. The van der Waals surface area contributed by atoms with E-state index in [2.05, 4.69) is 31.3 Å². The molecule has 3 N–H and O–H groups in total. The van der Waals surface area contributed by atoms with Gasteiger partial charge in [0.2, 0.25) is 5.91 Å². The third kappa shape index (κ3) is 4.73. The normalized spacial score (nSPS) is 17.4. The molecule has 0 spiro atoms. The molecule has 5 nitrogen and oxygen atoms in total. The summed E-state index contributed by atoms with van der Waals surface area (Å²) < 4.78 is 0. The molecule has 0 bridgehead atoms.